The van der Waals surface area contributed by atoms with Crippen LogP contribution < -0.4 is 68.9 Å². The Morgan fingerprint density at radius 1 is 0.437 bits per heavy atom. The van der Waals surface area contributed by atoms with Gasteiger partial charge in [-0.1, -0.05) is 128 Å². The van der Waals surface area contributed by atoms with Crippen LogP contribution in [0.3, 0.4) is 0 Å². The molecule has 2 heterocycles. The highest BCUT2D eigenvalue weighted by atomic mass is 31.3. The number of primary amides is 1. The zero-order chi connectivity index (χ0) is 102. The zero-order valence-electron chi connectivity index (χ0n) is 83.1. The highest BCUT2D eigenvalue weighted by molar-refractivity contribution is 7.59. The van der Waals surface area contributed by atoms with E-state index in [4.69, 9.17) is 33.7 Å². The van der Waals surface area contributed by atoms with Gasteiger partial charge in [-0.15, -0.1) is 0 Å². The summed E-state index contributed by atoms with van der Waals surface area (Å²) in [7, 11) is -12.1. The Morgan fingerprint density at radius 3 is 1.21 bits per heavy atom. The molecule has 0 saturated carbocycles. The summed E-state index contributed by atoms with van der Waals surface area (Å²) in [4.78, 5) is 156. The molecule has 0 aromatic rings. The number of quaternary nitrogens is 1. The summed E-state index contributed by atoms with van der Waals surface area (Å²) in [5.41, 5.74) is 23.9. The molecule has 2 rings (SSSR count). The first-order chi connectivity index (χ1) is 63.4. The van der Waals surface area contributed by atoms with Crippen LogP contribution in [0.25, 0.3) is 0 Å². The molecule has 0 aromatic carbocycles. The first-order valence-electron chi connectivity index (χ1n) is 47.1. The van der Waals surface area contributed by atoms with Crippen molar-refractivity contribution < 1.29 is 130 Å². The number of carboxylic acid groups (broad SMARTS) is 1. The lowest BCUT2D eigenvalue weighted by Crippen LogP contribution is -2.70. The molecule has 2 aliphatic rings. The third-order valence-corrected chi connectivity index (χ3v) is 25.3. The number of nitrogens with one attached hydrogen (secondary N) is 8. The predicted molar refractivity (Wildman–Crippen MR) is 510 cm³/mol. The van der Waals surface area contributed by atoms with Gasteiger partial charge in [0.2, 0.25) is 47.3 Å². The van der Waals surface area contributed by atoms with Crippen LogP contribution in [0.15, 0.2) is 128 Å². The van der Waals surface area contributed by atoms with Crippen LogP contribution in [-0.4, -0.2) is 210 Å². The fourth-order valence-electron chi connectivity index (χ4n) is 14.4. The molecule has 0 aromatic heterocycles. The minimum Gasteiger partial charge on any atom is -0.756 e. The molecule has 0 bridgehead atoms. The largest absolute Gasteiger partial charge is 0.756 e. The molecule has 0 radical (unpaired) electrons. The number of phosphoric acid groups is 2. The number of carboxylic acids is 1. The standard InChI is InChI=1S/C97H162N10O26P2/c1-60(2)32-22-33-61(3)34-23-35-62(4)36-24-37-63(5)38-25-39-64(6)40-26-41-65(7)42-27-43-66(8)44-28-45-67(9)46-29-47-68(10)48-30-49-69(11)50-31-51-70(12)55-57-127-134(123,124)133-135(125,126)132-97-84(105-77(19)111)88(87(81(59-109)130-97)131-96-83(104-76(18)110)86(114)85(113)80(58-108)129-96)128-75(17)93(119)101-73(15)92(118)107-78(89(99)115)53-54-82(112)106-79(52-20-21-56-100-90(116)71(13)98)94(120)102-72(14)91(117)103-74(16)95(121)122/h32,34,36,38,40,42,44,46,48,50,55,71-75,78-81,83-88,96-97,108-109,113-114H,20-31,33,35,37,39,41,43,45,47,49,51-54,56-59,98H2,1-19H3,(H2,99,115)(H,100,116)(H,101,119)(H,102,120)(H,103,117)(H,104,110)(H,105,111)(H,106,112)(H,107,118)(H,121,122)(H,123,124)(H,125,126)/p-2/b61-34+,62-36+,63-38-,64-40-,65-42-,66-44-,67-46-,68-48-,69-50-,70-55-/t71-,72+,73-,74+,75+,78+,79-,80+,81+,83+,84+,85+,86+,87+,88+,96-,97+/m0/s1. The topological polar surface area (TPSA) is 569 Å². The van der Waals surface area contributed by atoms with E-state index in [1.165, 1.54) is 63.2 Å². The number of ether oxygens (including phenoxy) is 4. The van der Waals surface area contributed by atoms with Crippen LogP contribution in [0.5, 0.6) is 0 Å². The van der Waals surface area contributed by atoms with Gasteiger partial charge < -0.3 is 118 Å². The monoisotopic (exact) mass is 1940 g/mol. The molecule has 135 heavy (non-hydrogen) atoms. The average Bonchev–Trinajstić information content (AvgIpc) is 0.764. The Labute approximate surface area is 799 Å². The van der Waals surface area contributed by atoms with Crippen molar-refractivity contribution in [3.05, 3.63) is 128 Å². The van der Waals surface area contributed by atoms with E-state index in [1.807, 2.05) is 6.92 Å². The van der Waals surface area contributed by atoms with Crippen molar-refractivity contribution in [2.24, 2.45) is 5.73 Å². The van der Waals surface area contributed by atoms with Crippen LogP contribution in [0.2, 0.25) is 0 Å². The van der Waals surface area contributed by atoms with Crippen molar-refractivity contribution in [1.82, 2.24) is 42.5 Å². The minimum absolute atomic E-state index is 0.0572. The van der Waals surface area contributed by atoms with Gasteiger partial charge in [-0.3, -0.25) is 56.8 Å². The zero-order valence-corrected chi connectivity index (χ0v) is 84.9. The highest BCUT2D eigenvalue weighted by Gasteiger charge is 2.54. The Bertz CT molecular complexity index is 4260. The molecule has 2 fully saturated rings. The number of rotatable bonds is 65. The number of aliphatic carboxylic acids is 1. The molecule has 38 heteroatoms. The molecular formula is C97H160N10O26P2-2. The molecule has 2 aliphatic heterocycles. The molecule has 0 spiro atoms. The van der Waals surface area contributed by atoms with Crippen LogP contribution in [0.4, 0.5) is 0 Å². The van der Waals surface area contributed by atoms with E-state index < -0.39 is 205 Å². The van der Waals surface area contributed by atoms with Crippen LogP contribution in [0.1, 0.15) is 292 Å². The van der Waals surface area contributed by atoms with Gasteiger partial charge in [-0.25, -0.2) is 4.31 Å². The summed E-state index contributed by atoms with van der Waals surface area (Å²) in [5, 5.41) is 73.4. The Morgan fingerprint density at radius 2 is 0.822 bits per heavy atom. The van der Waals surface area contributed by atoms with E-state index in [0.717, 1.165) is 156 Å². The third kappa shape index (κ3) is 52.9. The van der Waals surface area contributed by atoms with Crippen LogP contribution >= 0.6 is 15.6 Å². The van der Waals surface area contributed by atoms with Crippen molar-refractivity contribution in [3.8, 4) is 0 Å². The number of unbranched alkanes of at least 4 members (excludes halogenated alkanes) is 1. The van der Waals surface area contributed by atoms with E-state index in [2.05, 4.69) is 183 Å². The van der Waals surface area contributed by atoms with Gasteiger partial charge in [0, 0.05) is 26.8 Å². The van der Waals surface area contributed by atoms with Gasteiger partial charge in [0.15, 0.2) is 18.6 Å². The number of hydrogen-bond donors (Lipinski definition) is 14. The number of carbonyl (C=O) groups is 10. The van der Waals surface area contributed by atoms with E-state index >= 15 is 0 Å². The molecule has 0 aliphatic carbocycles. The van der Waals surface area contributed by atoms with Crippen LogP contribution in [0, 0.1) is 0 Å². The van der Waals surface area contributed by atoms with Crippen molar-refractivity contribution in [1.29, 1.82) is 0 Å². The Hall–Kier alpha value is -8.26. The first kappa shape index (κ1) is 123. The maximum Gasteiger partial charge on any atom is 0.277 e. The first-order valence-corrected chi connectivity index (χ1v) is 50.0. The molecule has 36 nitrogen and oxygen atoms in total. The summed E-state index contributed by atoms with van der Waals surface area (Å²) < 4.78 is 65.6. The Balaban J connectivity index is 2.11. The van der Waals surface area contributed by atoms with Gasteiger partial charge in [0.05, 0.1) is 31.8 Å². The fraction of sp³-hybridized carbons (Fsp3) is 0.670. The summed E-state index contributed by atoms with van der Waals surface area (Å²) in [6.45, 7) is 31.3. The van der Waals surface area contributed by atoms with E-state index in [1.54, 1.807) is 13.8 Å². The van der Waals surface area contributed by atoms with Crippen molar-refractivity contribution >= 4 is 74.8 Å². The fourth-order valence-corrected chi connectivity index (χ4v) is 16.4. The summed E-state index contributed by atoms with van der Waals surface area (Å²) in [6.07, 6.45) is 26.3. The van der Waals surface area contributed by atoms with E-state index in [9.17, 15) is 92.4 Å². The maximum atomic E-state index is 14.2. The number of aliphatic hydroxyl groups excluding tert-OH is 4. The molecule has 766 valence electrons. The van der Waals surface area contributed by atoms with Gasteiger partial charge in [0.25, 0.3) is 21.6 Å². The van der Waals surface area contributed by atoms with Crippen LogP contribution in [-0.2, 0) is 89.4 Å². The number of phosphoric ester groups is 2. The Kier molecular flexibility index (Phi) is 59.6. The molecule has 17 N–H and O–H groups in total. The quantitative estimate of drug-likeness (QED) is 0.0156. The average molecular weight is 1940 g/mol. The maximum absolute atomic E-state index is 14.2. The molecule has 19 atom stereocenters. The number of allylic oxidation sites excluding steroid dienone is 21. The summed E-state index contributed by atoms with van der Waals surface area (Å²) in [5.74, 6) is -9.85. The molecule has 2 unspecified atom stereocenters. The second-order valence-corrected chi connectivity index (χ2v) is 39.0. The minimum atomic E-state index is -6.27. The number of carbonyl (C=O) groups excluding carboxylic acids is 10. The predicted octanol–water partition coefficient (Wildman–Crippen LogP) is 7.94. The lowest BCUT2D eigenvalue weighted by molar-refractivity contribution is -0.398. The smallest absolute Gasteiger partial charge is 0.277 e. The van der Waals surface area contributed by atoms with Crippen molar-refractivity contribution in [3.63, 3.8) is 0 Å². The number of aliphatic hydroxyl groups is 4. The molecule has 2 saturated heterocycles. The number of amides is 9. The number of hydrogen-bond acceptors (Lipinski definition) is 26. The van der Waals surface area contributed by atoms with Crippen molar-refractivity contribution in [2.45, 2.75) is 396 Å². The second-order valence-electron chi connectivity index (χ2n) is 36.1. The van der Waals surface area contributed by atoms with Gasteiger partial charge >= 0.3 is 0 Å². The van der Waals surface area contributed by atoms with Crippen molar-refractivity contribution in [2.75, 3.05) is 26.4 Å². The van der Waals surface area contributed by atoms with Gasteiger partial charge in [0.1, 0.15) is 79.0 Å². The molecule has 9 amide bonds. The van der Waals surface area contributed by atoms with Gasteiger partial charge in [-0.2, -0.15) is 0 Å². The summed E-state index contributed by atoms with van der Waals surface area (Å²) in [6, 6.07) is -11.7. The lowest BCUT2D eigenvalue weighted by Gasteiger charge is -2.50. The summed E-state index contributed by atoms with van der Waals surface area (Å²) >= 11 is 0. The molecular weight excluding hydrogens is 1780 g/mol. The van der Waals surface area contributed by atoms with Gasteiger partial charge in [-0.05, 0) is 272 Å². The lowest BCUT2D eigenvalue weighted by atomic mass is 9.94. The number of nitrogens with two attached hydrogens (primary N) is 1. The van der Waals surface area contributed by atoms with E-state index in [-0.39, 0.29) is 25.3 Å². The third-order valence-electron chi connectivity index (χ3n) is 22.8. The SMILES string of the molecule is CC(=O)N[C@H]1[C@H](O[C@H]2[C@H](O[C@H](C)C(=O)N[C@@H](C)C(=O)N[C@H](CCC(=O)N[C@@H](CCCCNC(=O)[C@H](C)[NH3+])C(=O)N[C@H](C)C(=O)N[C@H](C)C(=O)[O-])C(N)=O)[C@@H](NC(C)=O)[C@@H](OP(=O)([O-])OP(=O)([O-])OC/C=C(/C)CC/C=C(/C)CC/C=C(/C)CC/C=C(/C)CC/C=C(/C)CC/C=C(/C)CC/C=C(/C)CC/C=C(/C)CC/C=C(\C)CC/C=C(\C)CCC=C(C)C)O[C@@H]2CO)O[C@H](CO)[C@@H](O)[C@@H]1O. The second kappa shape index (κ2) is 65.6. The normalized spacial score (nSPS) is 22.2. The van der Waals surface area contributed by atoms with E-state index in [0.29, 0.717) is 24.8 Å². The highest BCUT2D eigenvalue weighted by Crippen LogP contribution is 2.57.